The number of carbonyl (C=O) groups excluding carboxylic acids is 1. The van der Waals surface area contributed by atoms with E-state index in [4.69, 9.17) is 0 Å². The lowest BCUT2D eigenvalue weighted by molar-refractivity contribution is 0.112. The lowest BCUT2D eigenvalue weighted by Gasteiger charge is -2.03. The number of hydrogen-bond donors (Lipinski definition) is 1. The standard InChI is InChI=1S/C11H10N2O2/c1-8-5-13(7-12-8)10-3-2-9(6-14)11(15)4-10/h2-7,15H,1H3. The van der Waals surface area contributed by atoms with Crippen LogP contribution < -0.4 is 0 Å². The van der Waals surface area contributed by atoms with Crippen molar-refractivity contribution in [1.82, 2.24) is 9.55 Å². The first-order chi connectivity index (χ1) is 7.20. The molecule has 1 N–H and O–H groups in total. The molecular formula is C11H10N2O2. The lowest BCUT2D eigenvalue weighted by Crippen LogP contribution is -1.91. The maximum absolute atomic E-state index is 10.5. The van der Waals surface area contributed by atoms with Crippen molar-refractivity contribution in [3.8, 4) is 11.4 Å². The van der Waals surface area contributed by atoms with Crippen molar-refractivity contribution < 1.29 is 9.90 Å². The molecule has 76 valence electrons. The van der Waals surface area contributed by atoms with Gasteiger partial charge in [-0.15, -0.1) is 0 Å². The van der Waals surface area contributed by atoms with Crippen LogP contribution >= 0.6 is 0 Å². The van der Waals surface area contributed by atoms with E-state index in [9.17, 15) is 9.90 Å². The third kappa shape index (κ3) is 1.74. The van der Waals surface area contributed by atoms with Crippen molar-refractivity contribution >= 4 is 6.29 Å². The highest BCUT2D eigenvalue weighted by molar-refractivity contribution is 5.79. The zero-order valence-corrected chi connectivity index (χ0v) is 8.21. The summed E-state index contributed by atoms with van der Waals surface area (Å²) in [6.07, 6.45) is 4.12. The van der Waals surface area contributed by atoms with Crippen molar-refractivity contribution in [3.05, 3.63) is 42.0 Å². The van der Waals surface area contributed by atoms with E-state index in [1.54, 1.807) is 23.0 Å². The summed E-state index contributed by atoms with van der Waals surface area (Å²) in [4.78, 5) is 14.6. The predicted octanol–water partition coefficient (Wildman–Crippen LogP) is 1.70. The molecule has 0 spiro atoms. The van der Waals surface area contributed by atoms with Gasteiger partial charge in [0.05, 0.1) is 23.3 Å². The molecule has 0 fully saturated rings. The van der Waals surface area contributed by atoms with Gasteiger partial charge >= 0.3 is 0 Å². The molecular weight excluding hydrogens is 192 g/mol. The molecule has 0 aliphatic rings. The van der Waals surface area contributed by atoms with Gasteiger partial charge in [-0.1, -0.05) is 0 Å². The van der Waals surface area contributed by atoms with Crippen LogP contribution in [-0.4, -0.2) is 20.9 Å². The van der Waals surface area contributed by atoms with Gasteiger partial charge in [-0.25, -0.2) is 4.98 Å². The summed E-state index contributed by atoms with van der Waals surface area (Å²) in [5, 5.41) is 9.49. The molecule has 2 aromatic rings. The number of aromatic nitrogens is 2. The molecule has 0 aliphatic heterocycles. The Balaban J connectivity index is 2.46. The van der Waals surface area contributed by atoms with Crippen molar-refractivity contribution in [1.29, 1.82) is 0 Å². The Morgan fingerprint density at radius 3 is 2.80 bits per heavy atom. The van der Waals surface area contributed by atoms with E-state index in [0.29, 0.717) is 6.29 Å². The zero-order chi connectivity index (χ0) is 10.8. The molecule has 2 rings (SSSR count). The van der Waals surface area contributed by atoms with Crippen LogP contribution in [0, 0.1) is 6.92 Å². The van der Waals surface area contributed by atoms with Gasteiger partial charge in [0.25, 0.3) is 0 Å². The number of carbonyl (C=O) groups is 1. The number of aryl methyl sites for hydroxylation is 1. The second-order valence-electron chi connectivity index (χ2n) is 3.28. The average molecular weight is 202 g/mol. The summed E-state index contributed by atoms with van der Waals surface area (Å²) in [7, 11) is 0. The molecule has 1 aromatic carbocycles. The molecule has 0 bridgehead atoms. The van der Waals surface area contributed by atoms with Crippen molar-refractivity contribution in [2.45, 2.75) is 6.92 Å². The summed E-state index contributed by atoms with van der Waals surface area (Å²) in [5.74, 6) is -0.0196. The molecule has 1 aromatic heterocycles. The fraction of sp³-hybridized carbons (Fsp3) is 0.0909. The van der Waals surface area contributed by atoms with Crippen LogP contribution in [0.15, 0.2) is 30.7 Å². The van der Waals surface area contributed by atoms with Crippen LogP contribution in [0.3, 0.4) is 0 Å². The van der Waals surface area contributed by atoms with Gasteiger partial charge in [0, 0.05) is 12.3 Å². The smallest absolute Gasteiger partial charge is 0.153 e. The molecule has 15 heavy (non-hydrogen) atoms. The second kappa shape index (κ2) is 3.57. The minimum absolute atomic E-state index is 0.0196. The van der Waals surface area contributed by atoms with E-state index in [1.807, 2.05) is 13.1 Å². The second-order valence-corrected chi connectivity index (χ2v) is 3.28. The molecule has 0 atom stereocenters. The Labute approximate surface area is 86.8 Å². The SMILES string of the molecule is Cc1cn(-c2ccc(C=O)c(O)c2)cn1. The van der Waals surface area contributed by atoms with Gasteiger partial charge in [-0.3, -0.25) is 4.79 Å². The Kier molecular flexibility index (Phi) is 2.25. The minimum Gasteiger partial charge on any atom is -0.507 e. The third-order valence-corrected chi connectivity index (χ3v) is 2.15. The molecule has 0 radical (unpaired) electrons. The molecule has 4 nitrogen and oxygen atoms in total. The summed E-state index contributed by atoms with van der Waals surface area (Å²) in [5.41, 5.74) is 1.96. The highest BCUT2D eigenvalue weighted by Crippen LogP contribution is 2.19. The summed E-state index contributed by atoms with van der Waals surface area (Å²) in [6.45, 7) is 1.89. The quantitative estimate of drug-likeness (QED) is 0.754. The van der Waals surface area contributed by atoms with Crippen molar-refractivity contribution in [2.24, 2.45) is 0 Å². The Morgan fingerprint density at radius 2 is 2.27 bits per heavy atom. The number of phenols is 1. The van der Waals surface area contributed by atoms with Gasteiger partial charge in [0.15, 0.2) is 6.29 Å². The fourth-order valence-electron chi connectivity index (χ4n) is 1.35. The minimum atomic E-state index is -0.0196. The first-order valence-electron chi connectivity index (χ1n) is 4.50. The maximum atomic E-state index is 10.5. The number of benzene rings is 1. The van der Waals surface area contributed by atoms with E-state index in [2.05, 4.69) is 4.98 Å². The molecule has 0 saturated carbocycles. The normalized spacial score (nSPS) is 10.2. The number of nitrogens with zero attached hydrogens (tertiary/aromatic N) is 2. The van der Waals surface area contributed by atoms with E-state index < -0.39 is 0 Å². The molecule has 0 aliphatic carbocycles. The topological polar surface area (TPSA) is 55.1 Å². The van der Waals surface area contributed by atoms with Crippen LogP contribution in [0.4, 0.5) is 0 Å². The van der Waals surface area contributed by atoms with Crippen LogP contribution in [0.25, 0.3) is 5.69 Å². The number of rotatable bonds is 2. The molecule has 1 heterocycles. The average Bonchev–Trinajstić information content (AvgIpc) is 2.65. The van der Waals surface area contributed by atoms with E-state index >= 15 is 0 Å². The Bertz CT molecular complexity index is 503. The van der Waals surface area contributed by atoms with Gasteiger partial charge in [-0.2, -0.15) is 0 Å². The van der Waals surface area contributed by atoms with Crippen LogP contribution in [0.2, 0.25) is 0 Å². The van der Waals surface area contributed by atoms with E-state index in [-0.39, 0.29) is 11.3 Å². The van der Waals surface area contributed by atoms with Gasteiger partial charge in [-0.05, 0) is 19.1 Å². The number of phenolic OH excluding ortho intramolecular Hbond substituents is 1. The first-order valence-corrected chi connectivity index (χ1v) is 4.50. The number of hydrogen-bond acceptors (Lipinski definition) is 3. The highest BCUT2D eigenvalue weighted by atomic mass is 16.3. The number of imidazole rings is 1. The van der Waals surface area contributed by atoms with Crippen LogP contribution in [0.5, 0.6) is 5.75 Å². The van der Waals surface area contributed by atoms with E-state index in [1.165, 1.54) is 6.07 Å². The Morgan fingerprint density at radius 1 is 1.47 bits per heavy atom. The third-order valence-electron chi connectivity index (χ3n) is 2.15. The number of aldehydes is 1. The van der Waals surface area contributed by atoms with Gasteiger partial charge < -0.3 is 9.67 Å². The fourth-order valence-corrected chi connectivity index (χ4v) is 1.35. The molecule has 0 amide bonds. The van der Waals surface area contributed by atoms with Gasteiger partial charge in [0.1, 0.15) is 5.75 Å². The van der Waals surface area contributed by atoms with E-state index in [0.717, 1.165) is 11.4 Å². The van der Waals surface area contributed by atoms with Gasteiger partial charge in [0.2, 0.25) is 0 Å². The molecule has 4 heteroatoms. The largest absolute Gasteiger partial charge is 0.507 e. The summed E-state index contributed by atoms with van der Waals surface area (Å²) >= 11 is 0. The molecule has 0 saturated heterocycles. The zero-order valence-electron chi connectivity index (χ0n) is 8.21. The maximum Gasteiger partial charge on any atom is 0.153 e. The first kappa shape index (κ1) is 9.45. The Hall–Kier alpha value is -2.10. The molecule has 0 unspecified atom stereocenters. The van der Waals surface area contributed by atoms with Crippen molar-refractivity contribution in [2.75, 3.05) is 0 Å². The summed E-state index contributed by atoms with van der Waals surface area (Å²) in [6, 6.07) is 4.86. The monoisotopic (exact) mass is 202 g/mol. The van der Waals surface area contributed by atoms with Crippen molar-refractivity contribution in [3.63, 3.8) is 0 Å². The predicted molar refractivity (Wildman–Crippen MR) is 55.4 cm³/mol. The lowest BCUT2D eigenvalue weighted by atomic mass is 10.2. The highest BCUT2D eigenvalue weighted by Gasteiger charge is 2.03. The van der Waals surface area contributed by atoms with Crippen LogP contribution in [0.1, 0.15) is 16.1 Å². The van der Waals surface area contributed by atoms with Crippen LogP contribution in [-0.2, 0) is 0 Å². The number of aromatic hydroxyl groups is 1. The summed E-state index contributed by atoms with van der Waals surface area (Å²) < 4.78 is 1.78.